The van der Waals surface area contributed by atoms with Crippen molar-refractivity contribution in [3.63, 3.8) is 0 Å². The zero-order chi connectivity index (χ0) is 32.5. The van der Waals surface area contributed by atoms with Gasteiger partial charge in [-0.1, -0.05) is 65.5 Å². The normalized spacial score (nSPS) is 11.2. The van der Waals surface area contributed by atoms with Gasteiger partial charge in [0, 0.05) is 36.0 Å². The number of carbonyl (C=O) groups is 1. The molecule has 236 valence electrons. The molecule has 45 heavy (non-hydrogen) atoms. The summed E-state index contributed by atoms with van der Waals surface area (Å²) in [6.07, 6.45) is 1.93. The minimum Gasteiger partial charge on any atom is -0.396 e. The van der Waals surface area contributed by atoms with Crippen molar-refractivity contribution in [3.8, 4) is 23.0 Å². The molecular weight excluding hydrogens is 562 g/mol. The quantitative estimate of drug-likeness (QED) is 0.160. The monoisotopic (exact) mass is 607 g/mol. The Balaban J connectivity index is 1.73. The molecule has 4 aromatic rings. The number of H-pyrrole nitrogens is 1. The molecule has 2 aromatic carbocycles. The van der Waals surface area contributed by atoms with Gasteiger partial charge in [-0.05, 0) is 96.1 Å². The highest BCUT2D eigenvalue weighted by molar-refractivity contribution is 6.03. The van der Waals surface area contributed by atoms with Gasteiger partial charge in [0.05, 0.1) is 6.54 Å². The molecule has 0 fully saturated rings. The number of nitrogens with one attached hydrogen (secondary N) is 2. The van der Waals surface area contributed by atoms with Crippen molar-refractivity contribution in [2.45, 2.75) is 59.8 Å². The van der Waals surface area contributed by atoms with Crippen LogP contribution >= 0.6 is 0 Å². The largest absolute Gasteiger partial charge is 0.396 e. The molecule has 8 heteroatoms. The highest BCUT2D eigenvalue weighted by Gasteiger charge is 2.24. The van der Waals surface area contributed by atoms with Crippen molar-refractivity contribution >= 4 is 28.4 Å². The van der Waals surface area contributed by atoms with E-state index in [2.05, 4.69) is 97.8 Å². The fourth-order valence-corrected chi connectivity index (χ4v) is 5.34. The second-order valence-electron chi connectivity index (χ2n) is 11.8. The predicted octanol–water partition coefficient (Wildman–Crippen LogP) is 6.95. The third-order valence-electron chi connectivity index (χ3n) is 7.97. The minimum atomic E-state index is -0.431. The van der Waals surface area contributed by atoms with Gasteiger partial charge in [-0.25, -0.2) is 9.78 Å². The van der Waals surface area contributed by atoms with E-state index in [-0.39, 0.29) is 30.7 Å². The maximum atomic E-state index is 14.0. The SMILES string of the molecule is CCN(CC)CC#Cc1cccc(-c2cc(C(C)C)c(NC(=O)N(CCCO)c3cc4cccnc4[nH]c3=O)c(C(C)C)c2)c1. The molecular formula is C37H45N5O3. The van der Waals surface area contributed by atoms with Crippen molar-refractivity contribution in [1.82, 2.24) is 14.9 Å². The average Bonchev–Trinajstić information content (AvgIpc) is 3.03. The minimum absolute atomic E-state index is 0.107. The van der Waals surface area contributed by atoms with Crippen LogP contribution in [-0.4, -0.2) is 58.8 Å². The van der Waals surface area contributed by atoms with Crippen molar-refractivity contribution in [3.05, 3.63) is 87.8 Å². The fraction of sp³-hybridized carbons (Fsp3) is 0.378. The number of nitrogens with zero attached hydrogens (tertiary/aromatic N) is 3. The van der Waals surface area contributed by atoms with E-state index in [0.29, 0.717) is 17.5 Å². The number of aliphatic hydroxyl groups excluding tert-OH is 1. The molecule has 2 heterocycles. The molecule has 0 aliphatic heterocycles. The fourth-order valence-electron chi connectivity index (χ4n) is 5.34. The number of carbonyl (C=O) groups excluding carboxylic acids is 1. The summed E-state index contributed by atoms with van der Waals surface area (Å²) in [5, 5.41) is 13.5. The number of aromatic amines is 1. The Hall–Kier alpha value is -4.45. The lowest BCUT2D eigenvalue weighted by Gasteiger charge is -2.26. The molecule has 0 bridgehead atoms. The Morgan fingerprint density at radius 1 is 0.978 bits per heavy atom. The van der Waals surface area contributed by atoms with E-state index in [1.54, 1.807) is 18.3 Å². The van der Waals surface area contributed by atoms with Crippen LogP contribution in [0, 0.1) is 11.8 Å². The summed E-state index contributed by atoms with van der Waals surface area (Å²) < 4.78 is 0. The third kappa shape index (κ3) is 8.18. The van der Waals surface area contributed by atoms with Crippen LogP contribution in [0.2, 0.25) is 0 Å². The molecule has 0 atom stereocenters. The van der Waals surface area contributed by atoms with Crippen LogP contribution in [0.4, 0.5) is 16.2 Å². The third-order valence-corrected chi connectivity index (χ3v) is 7.97. The number of hydrogen-bond donors (Lipinski definition) is 3. The summed E-state index contributed by atoms with van der Waals surface area (Å²) in [5.74, 6) is 6.84. The first-order chi connectivity index (χ1) is 21.7. The van der Waals surface area contributed by atoms with Crippen LogP contribution in [0.15, 0.2) is 65.6 Å². The highest BCUT2D eigenvalue weighted by atomic mass is 16.3. The number of rotatable bonds is 11. The van der Waals surface area contributed by atoms with E-state index in [4.69, 9.17) is 0 Å². The zero-order valence-electron chi connectivity index (χ0n) is 27.3. The molecule has 3 N–H and O–H groups in total. The van der Waals surface area contributed by atoms with Gasteiger partial charge in [0.25, 0.3) is 5.56 Å². The molecule has 2 amide bonds. The topological polar surface area (TPSA) is 102 Å². The van der Waals surface area contributed by atoms with Gasteiger partial charge in [-0.3, -0.25) is 14.6 Å². The van der Waals surface area contributed by atoms with E-state index >= 15 is 0 Å². The standard InChI is InChI=1S/C37H45N5O3/c1-7-41(8-2)18-11-14-27-13-9-15-28(21-27)30-22-31(25(3)4)34(32(23-30)26(5)6)39-37(45)42(19-12-20-43)33-24-29-16-10-17-38-35(29)40-36(33)44/h9-10,13,15-17,21-26,43H,7-8,12,18-20H2,1-6H3,(H,39,45)(H,38,40,44). The Kier molecular flexibility index (Phi) is 11.5. The number of anilines is 2. The molecule has 0 saturated heterocycles. The molecule has 0 saturated carbocycles. The number of pyridine rings is 2. The van der Waals surface area contributed by atoms with Gasteiger partial charge >= 0.3 is 6.03 Å². The van der Waals surface area contributed by atoms with Crippen molar-refractivity contribution in [2.24, 2.45) is 0 Å². The number of amides is 2. The number of urea groups is 1. The van der Waals surface area contributed by atoms with Crippen LogP contribution in [0.1, 0.15) is 76.5 Å². The summed E-state index contributed by atoms with van der Waals surface area (Å²) in [4.78, 5) is 37.8. The summed E-state index contributed by atoms with van der Waals surface area (Å²) in [5.41, 5.74) is 6.07. The first kappa shape index (κ1) is 33.4. The number of aliphatic hydroxyl groups is 1. The lowest BCUT2D eigenvalue weighted by molar-refractivity contribution is 0.254. The van der Waals surface area contributed by atoms with Gasteiger partial charge in [-0.15, -0.1) is 0 Å². The van der Waals surface area contributed by atoms with E-state index in [1.165, 1.54) is 4.90 Å². The smallest absolute Gasteiger partial charge is 0.326 e. The van der Waals surface area contributed by atoms with Gasteiger partial charge < -0.3 is 15.4 Å². The van der Waals surface area contributed by atoms with Gasteiger partial charge in [-0.2, -0.15) is 0 Å². The van der Waals surface area contributed by atoms with Crippen LogP contribution in [0.5, 0.6) is 0 Å². The van der Waals surface area contributed by atoms with Gasteiger partial charge in [0.1, 0.15) is 11.3 Å². The molecule has 8 nitrogen and oxygen atoms in total. The number of fused-ring (bicyclic) bond motifs is 1. The van der Waals surface area contributed by atoms with Crippen LogP contribution in [0.3, 0.4) is 0 Å². The number of benzene rings is 2. The summed E-state index contributed by atoms with van der Waals surface area (Å²) in [6.45, 7) is 15.5. The summed E-state index contributed by atoms with van der Waals surface area (Å²) >= 11 is 0. The van der Waals surface area contributed by atoms with Crippen molar-refractivity contribution in [1.29, 1.82) is 0 Å². The molecule has 0 radical (unpaired) electrons. The molecule has 0 aliphatic carbocycles. The van der Waals surface area contributed by atoms with E-state index in [9.17, 15) is 14.7 Å². The maximum absolute atomic E-state index is 14.0. The molecule has 0 spiro atoms. The van der Waals surface area contributed by atoms with Crippen molar-refractivity contribution < 1.29 is 9.90 Å². The summed E-state index contributed by atoms with van der Waals surface area (Å²) in [7, 11) is 0. The van der Waals surface area contributed by atoms with Crippen molar-refractivity contribution in [2.75, 3.05) is 43.0 Å². The van der Waals surface area contributed by atoms with Crippen LogP contribution in [-0.2, 0) is 0 Å². The van der Waals surface area contributed by atoms with E-state index in [0.717, 1.165) is 53.1 Å². The van der Waals surface area contributed by atoms with Crippen LogP contribution < -0.4 is 15.8 Å². The van der Waals surface area contributed by atoms with Gasteiger partial charge in [0.15, 0.2) is 0 Å². The molecule has 2 aromatic heterocycles. The zero-order valence-corrected chi connectivity index (χ0v) is 27.3. The maximum Gasteiger partial charge on any atom is 0.326 e. The first-order valence-corrected chi connectivity index (χ1v) is 15.8. The van der Waals surface area contributed by atoms with E-state index < -0.39 is 11.6 Å². The second-order valence-corrected chi connectivity index (χ2v) is 11.8. The average molecular weight is 608 g/mol. The lowest BCUT2D eigenvalue weighted by atomic mass is 9.88. The number of hydrogen-bond acceptors (Lipinski definition) is 5. The second kappa shape index (κ2) is 15.5. The molecule has 0 aliphatic rings. The Labute approximate surface area is 266 Å². The molecule has 0 unspecified atom stereocenters. The van der Waals surface area contributed by atoms with E-state index in [1.807, 2.05) is 18.2 Å². The predicted molar refractivity (Wildman–Crippen MR) is 185 cm³/mol. The highest BCUT2D eigenvalue weighted by Crippen LogP contribution is 2.37. The first-order valence-electron chi connectivity index (χ1n) is 15.8. The Morgan fingerprint density at radius 3 is 2.33 bits per heavy atom. The lowest BCUT2D eigenvalue weighted by Crippen LogP contribution is -2.39. The Bertz CT molecular complexity index is 1720. The van der Waals surface area contributed by atoms with Gasteiger partial charge in [0.2, 0.25) is 0 Å². The molecule has 4 rings (SSSR count). The Morgan fingerprint density at radius 2 is 1.69 bits per heavy atom. The van der Waals surface area contributed by atoms with Crippen LogP contribution in [0.25, 0.3) is 22.2 Å². The number of aromatic nitrogens is 2. The summed E-state index contributed by atoms with van der Waals surface area (Å²) in [6, 6.07) is 17.4.